The number of hydrogen-bond acceptors (Lipinski definition) is 3. The fraction of sp³-hybridized carbons (Fsp3) is 0.900. The zero-order valence-corrected chi connectivity index (χ0v) is 9.61. The summed E-state index contributed by atoms with van der Waals surface area (Å²) >= 11 is 1.93. The molecule has 2 atom stereocenters. The predicted octanol–water partition coefficient (Wildman–Crippen LogP) is 0.983. The smallest absolute Gasteiger partial charge is 0.224 e. The third-order valence-corrected chi connectivity index (χ3v) is 3.87. The van der Waals surface area contributed by atoms with Gasteiger partial charge in [-0.05, 0) is 25.0 Å². The van der Waals surface area contributed by atoms with Crippen molar-refractivity contribution in [3.8, 4) is 0 Å². The Balaban J connectivity index is 2.30. The number of nitrogens with two attached hydrogens (primary N) is 1. The second-order valence-corrected chi connectivity index (χ2v) is 4.91. The molecule has 0 aromatic rings. The Kier molecular flexibility index (Phi) is 5.33. The van der Waals surface area contributed by atoms with Crippen LogP contribution in [0.2, 0.25) is 0 Å². The second kappa shape index (κ2) is 6.30. The van der Waals surface area contributed by atoms with Crippen molar-refractivity contribution < 1.29 is 4.79 Å². The molecular weight excluding hydrogens is 196 g/mol. The maximum Gasteiger partial charge on any atom is 0.224 e. The summed E-state index contributed by atoms with van der Waals surface area (Å²) in [6, 6.07) is 0.377. The van der Waals surface area contributed by atoms with E-state index in [1.807, 2.05) is 18.7 Å². The summed E-state index contributed by atoms with van der Waals surface area (Å²) in [7, 11) is 0. The van der Waals surface area contributed by atoms with E-state index in [0.29, 0.717) is 12.6 Å². The van der Waals surface area contributed by atoms with Crippen molar-refractivity contribution in [3.63, 3.8) is 0 Å². The van der Waals surface area contributed by atoms with Crippen LogP contribution >= 0.6 is 11.8 Å². The number of carbonyl (C=O) groups is 1. The second-order valence-electron chi connectivity index (χ2n) is 3.76. The molecule has 0 radical (unpaired) electrons. The van der Waals surface area contributed by atoms with Crippen LogP contribution in [0.5, 0.6) is 0 Å². The van der Waals surface area contributed by atoms with Gasteiger partial charge in [0, 0.05) is 24.3 Å². The van der Waals surface area contributed by atoms with E-state index in [9.17, 15) is 4.79 Å². The molecule has 0 aliphatic carbocycles. The molecule has 1 fully saturated rings. The fourth-order valence-electron chi connectivity index (χ4n) is 1.63. The Morgan fingerprint density at radius 1 is 1.71 bits per heavy atom. The molecule has 1 aliphatic heterocycles. The molecule has 0 aromatic carbocycles. The van der Waals surface area contributed by atoms with Crippen LogP contribution in [-0.4, -0.2) is 30.0 Å². The first-order valence-electron chi connectivity index (χ1n) is 5.36. The van der Waals surface area contributed by atoms with Crippen LogP contribution in [0.3, 0.4) is 0 Å². The summed E-state index contributed by atoms with van der Waals surface area (Å²) < 4.78 is 0. The van der Waals surface area contributed by atoms with E-state index in [1.165, 1.54) is 12.2 Å². The number of amides is 1. The normalized spacial score (nSPS) is 24.3. The topological polar surface area (TPSA) is 55.1 Å². The molecule has 1 amide bonds. The summed E-state index contributed by atoms with van der Waals surface area (Å²) in [5.41, 5.74) is 5.52. The van der Waals surface area contributed by atoms with Gasteiger partial charge in [0.05, 0.1) is 0 Å². The molecule has 1 heterocycles. The first kappa shape index (κ1) is 11.9. The van der Waals surface area contributed by atoms with Gasteiger partial charge >= 0.3 is 0 Å². The van der Waals surface area contributed by atoms with Crippen molar-refractivity contribution in [2.45, 2.75) is 32.2 Å². The molecule has 1 saturated heterocycles. The minimum Gasteiger partial charge on any atom is -0.352 e. The van der Waals surface area contributed by atoms with Crippen molar-refractivity contribution in [2.24, 2.45) is 11.7 Å². The average molecular weight is 216 g/mol. The van der Waals surface area contributed by atoms with E-state index in [1.54, 1.807) is 0 Å². The Labute approximate surface area is 90.2 Å². The minimum atomic E-state index is 0.00178. The van der Waals surface area contributed by atoms with Crippen LogP contribution in [0.4, 0.5) is 0 Å². The standard InChI is InChI=1S/C10H20N2OS/c1-2-8(6-11)10(13)12-9-4-3-5-14-7-9/h8-9H,2-7,11H2,1H3,(H,12,13). The lowest BCUT2D eigenvalue weighted by atomic mass is 10.1. The monoisotopic (exact) mass is 216 g/mol. The van der Waals surface area contributed by atoms with Gasteiger partial charge in [-0.25, -0.2) is 0 Å². The molecule has 3 N–H and O–H groups in total. The zero-order chi connectivity index (χ0) is 10.4. The molecule has 0 bridgehead atoms. The van der Waals surface area contributed by atoms with Crippen LogP contribution in [-0.2, 0) is 4.79 Å². The van der Waals surface area contributed by atoms with E-state index in [4.69, 9.17) is 5.73 Å². The summed E-state index contributed by atoms with van der Waals surface area (Å²) in [6.07, 6.45) is 3.18. The first-order valence-corrected chi connectivity index (χ1v) is 6.51. The zero-order valence-electron chi connectivity index (χ0n) is 8.79. The number of rotatable bonds is 4. The number of hydrogen-bond donors (Lipinski definition) is 2. The Bertz CT molecular complexity index is 177. The Hall–Kier alpha value is -0.220. The highest BCUT2D eigenvalue weighted by atomic mass is 32.2. The summed E-state index contributed by atoms with van der Waals surface area (Å²) in [4.78, 5) is 11.7. The molecule has 0 saturated carbocycles. The van der Waals surface area contributed by atoms with Crippen LogP contribution in [0.15, 0.2) is 0 Å². The number of carbonyl (C=O) groups excluding carboxylic acids is 1. The third-order valence-electron chi connectivity index (χ3n) is 2.65. The lowest BCUT2D eigenvalue weighted by molar-refractivity contribution is -0.125. The highest BCUT2D eigenvalue weighted by molar-refractivity contribution is 7.99. The lowest BCUT2D eigenvalue weighted by Crippen LogP contribution is -2.43. The summed E-state index contributed by atoms with van der Waals surface area (Å²) in [6.45, 7) is 2.47. The minimum absolute atomic E-state index is 0.00178. The van der Waals surface area contributed by atoms with Crippen molar-refractivity contribution in [2.75, 3.05) is 18.1 Å². The molecule has 1 rings (SSSR count). The van der Waals surface area contributed by atoms with E-state index in [2.05, 4.69) is 5.32 Å². The van der Waals surface area contributed by atoms with Gasteiger partial charge in [-0.3, -0.25) is 4.79 Å². The fourth-order valence-corrected chi connectivity index (χ4v) is 2.70. The number of nitrogens with one attached hydrogen (secondary N) is 1. The highest BCUT2D eigenvalue weighted by Crippen LogP contribution is 2.17. The van der Waals surface area contributed by atoms with Crippen molar-refractivity contribution in [1.29, 1.82) is 0 Å². The van der Waals surface area contributed by atoms with Crippen LogP contribution in [0, 0.1) is 5.92 Å². The van der Waals surface area contributed by atoms with Crippen molar-refractivity contribution in [3.05, 3.63) is 0 Å². The van der Waals surface area contributed by atoms with Gasteiger partial charge in [0.2, 0.25) is 5.91 Å². The third kappa shape index (κ3) is 3.50. The molecule has 82 valence electrons. The predicted molar refractivity (Wildman–Crippen MR) is 61.3 cm³/mol. The van der Waals surface area contributed by atoms with Gasteiger partial charge in [-0.1, -0.05) is 6.92 Å². The maximum atomic E-state index is 11.7. The quantitative estimate of drug-likeness (QED) is 0.736. The van der Waals surface area contributed by atoms with Gasteiger partial charge in [0.15, 0.2) is 0 Å². The lowest BCUT2D eigenvalue weighted by Gasteiger charge is -2.24. The van der Waals surface area contributed by atoms with Gasteiger partial charge in [0.25, 0.3) is 0 Å². The highest BCUT2D eigenvalue weighted by Gasteiger charge is 2.20. The summed E-state index contributed by atoms with van der Waals surface area (Å²) in [5, 5.41) is 3.08. The van der Waals surface area contributed by atoms with Gasteiger partial charge in [0.1, 0.15) is 0 Å². The van der Waals surface area contributed by atoms with E-state index >= 15 is 0 Å². The molecule has 2 unspecified atom stereocenters. The molecule has 1 aliphatic rings. The van der Waals surface area contributed by atoms with E-state index < -0.39 is 0 Å². The largest absolute Gasteiger partial charge is 0.352 e. The van der Waals surface area contributed by atoms with Gasteiger partial charge < -0.3 is 11.1 Å². The van der Waals surface area contributed by atoms with Crippen LogP contribution in [0.25, 0.3) is 0 Å². The molecule has 14 heavy (non-hydrogen) atoms. The Morgan fingerprint density at radius 2 is 2.50 bits per heavy atom. The summed E-state index contributed by atoms with van der Waals surface area (Å²) in [5.74, 6) is 2.44. The Morgan fingerprint density at radius 3 is 3.00 bits per heavy atom. The van der Waals surface area contributed by atoms with E-state index in [-0.39, 0.29) is 11.8 Å². The molecule has 4 heteroatoms. The maximum absolute atomic E-state index is 11.7. The molecule has 0 aromatic heterocycles. The SMILES string of the molecule is CCC(CN)C(=O)NC1CCCSC1. The average Bonchev–Trinajstić information content (AvgIpc) is 2.21. The van der Waals surface area contributed by atoms with Crippen molar-refractivity contribution in [1.82, 2.24) is 5.32 Å². The first-order chi connectivity index (χ1) is 6.77. The van der Waals surface area contributed by atoms with Crippen LogP contribution in [0.1, 0.15) is 26.2 Å². The van der Waals surface area contributed by atoms with Gasteiger partial charge in [-0.15, -0.1) is 0 Å². The van der Waals surface area contributed by atoms with E-state index in [0.717, 1.165) is 18.6 Å². The molecule has 3 nitrogen and oxygen atoms in total. The van der Waals surface area contributed by atoms with Crippen LogP contribution < -0.4 is 11.1 Å². The molecule has 0 spiro atoms. The van der Waals surface area contributed by atoms with Gasteiger partial charge in [-0.2, -0.15) is 11.8 Å². The van der Waals surface area contributed by atoms with Crippen molar-refractivity contribution >= 4 is 17.7 Å². The number of thioether (sulfide) groups is 1. The molecular formula is C10H20N2OS.